The molecule has 2 atom stereocenters. The fourth-order valence-corrected chi connectivity index (χ4v) is 4.36. The van der Waals surface area contributed by atoms with E-state index in [2.05, 4.69) is 10.00 Å². The highest BCUT2D eigenvalue weighted by atomic mass is 16.5. The Morgan fingerprint density at radius 3 is 2.52 bits per heavy atom. The maximum absolute atomic E-state index is 12.3. The maximum Gasteiger partial charge on any atom is 0.339 e. The third-order valence-corrected chi connectivity index (χ3v) is 5.88. The summed E-state index contributed by atoms with van der Waals surface area (Å²) in [6.07, 6.45) is 3.51. The lowest BCUT2D eigenvalue weighted by Gasteiger charge is -2.32. The van der Waals surface area contributed by atoms with E-state index < -0.39 is 5.97 Å². The molecule has 8 heteroatoms. The first kappa shape index (κ1) is 17.7. The van der Waals surface area contributed by atoms with Gasteiger partial charge in [0.2, 0.25) is 0 Å². The Morgan fingerprint density at radius 1 is 1.17 bits per heavy atom. The molecule has 2 fully saturated rings. The lowest BCUT2D eigenvalue weighted by Crippen LogP contribution is -2.43. The highest BCUT2D eigenvalue weighted by Gasteiger charge is 2.41. The Bertz CT molecular complexity index is 1110. The van der Waals surface area contributed by atoms with Gasteiger partial charge >= 0.3 is 5.97 Å². The lowest BCUT2D eigenvalue weighted by molar-refractivity contribution is -0.124. The molecule has 2 aromatic heterocycles. The number of hydrogen-bond acceptors (Lipinski definition) is 7. The Labute approximate surface area is 167 Å². The zero-order valence-corrected chi connectivity index (χ0v) is 16.0. The smallest absolute Gasteiger partial charge is 0.339 e. The van der Waals surface area contributed by atoms with Crippen LogP contribution in [0.4, 0.5) is 11.5 Å². The molecule has 29 heavy (non-hydrogen) atoms. The van der Waals surface area contributed by atoms with Crippen LogP contribution in [0.2, 0.25) is 0 Å². The first-order valence-electron chi connectivity index (χ1n) is 9.67. The van der Waals surface area contributed by atoms with Crippen LogP contribution in [-0.4, -0.2) is 46.5 Å². The largest absolute Gasteiger partial charge is 0.465 e. The number of hydrogen-bond donors (Lipinski definition) is 1. The number of nitrogens with two attached hydrogens (primary N) is 1. The topological polar surface area (TPSA) is 103 Å². The molecule has 1 aromatic carbocycles. The number of carbonyl (C=O) groups is 2. The predicted molar refractivity (Wildman–Crippen MR) is 108 cm³/mol. The number of nitrogen functional groups attached to an aromatic ring is 1. The molecule has 0 radical (unpaired) electrons. The Kier molecular flexibility index (Phi) is 4.01. The van der Waals surface area contributed by atoms with E-state index in [-0.39, 0.29) is 11.8 Å². The van der Waals surface area contributed by atoms with Crippen LogP contribution in [0.5, 0.6) is 0 Å². The number of aromatic nitrogens is 3. The SMILES string of the molecule is COC(=O)c1cc2c(N3CC4CCC(C3)C4=O)nc(-c3ccc(N)cc3)nn2c1. The van der Waals surface area contributed by atoms with Crippen molar-refractivity contribution in [3.05, 3.63) is 42.1 Å². The molecule has 1 saturated carbocycles. The minimum atomic E-state index is -0.427. The van der Waals surface area contributed by atoms with Gasteiger partial charge in [0.1, 0.15) is 11.3 Å². The van der Waals surface area contributed by atoms with Crippen molar-refractivity contribution >= 4 is 28.8 Å². The van der Waals surface area contributed by atoms with Gasteiger partial charge in [-0.3, -0.25) is 4.79 Å². The van der Waals surface area contributed by atoms with Gasteiger partial charge in [-0.05, 0) is 43.2 Å². The molecular weight excluding hydrogens is 370 g/mol. The standard InChI is InChI=1S/C21H21N5O3/c1-29-21(28)15-8-17-20(25-9-13-2-3-14(10-25)18(13)27)23-19(24-26(17)11-15)12-4-6-16(22)7-5-12/h4-8,11,13-14H,2-3,9-10,22H2,1H3. The predicted octanol–water partition coefficient (Wildman–Crippen LogP) is 2.18. The number of nitrogens with zero attached hydrogens (tertiary/aromatic N) is 4. The summed E-state index contributed by atoms with van der Waals surface area (Å²) in [6, 6.07) is 9.09. The fourth-order valence-electron chi connectivity index (χ4n) is 4.36. The van der Waals surface area contributed by atoms with Gasteiger partial charge in [-0.15, -0.1) is 5.10 Å². The fraction of sp³-hybridized carbons (Fsp3) is 0.333. The number of ketones is 1. The average Bonchev–Trinajstić information content (AvgIpc) is 3.23. The Morgan fingerprint density at radius 2 is 1.86 bits per heavy atom. The van der Waals surface area contributed by atoms with Crippen molar-refractivity contribution in [3.63, 3.8) is 0 Å². The van der Waals surface area contributed by atoms with E-state index in [1.54, 1.807) is 28.9 Å². The monoisotopic (exact) mass is 391 g/mol. The van der Waals surface area contributed by atoms with E-state index in [1.807, 2.05) is 12.1 Å². The van der Waals surface area contributed by atoms with Gasteiger partial charge in [0, 0.05) is 42.4 Å². The molecule has 3 heterocycles. The molecule has 2 unspecified atom stereocenters. The van der Waals surface area contributed by atoms with Crippen LogP contribution in [-0.2, 0) is 9.53 Å². The van der Waals surface area contributed by atoms with Gasteiger partial charge in [-0.25, -0.2) is 14.3 Å². The van der Waals surface area contributed by atoms with Crippen LogP contribution in [0.25, 0.3) is 16.9 Å². The first-order valence-corrected chi connectivity index (χ1v) is 9.67. The summed E-state index contributed by atoms with van der Waals surface area (Å²) in [7, 11) is 1.35. The second-order valence-corrected chi connectivity index (χ2v) is 7.71. The zero-order chi connectivity index (χ0) is 20.1. The van der Waals surface area contributed by atoms with E-state index >= 15 is 0 Å². The summed E-state index contributed by atoms with van der Waals surface area (Å²) in [6.45, 7) is 1.28. The minimum absolute atomic E-state index is 0.0544. The molecule has 5 rings (SSSR count). The number of esters is 1. The van der Waals surface area contributed by atoms with Gasteiger partial charge in [0.15, 0.2) is 11.6 Å². The molecular formula is C21H21N5O3. The molecule has 0 amide bonds. The van der Waals surface area contributed by atoms with E-state index in [9.17, 15) is 9.59 Å². The summed E-state index contributed by atoms with van der Waals surface area (Å²) >= 11 is 0. The van der Waals surface area contributed by atoms with E-state index in [4.69, 9.17) is 15.5 Å². The molecule has 8 nitrogen and oxygen atoms in total. The summed E-state index contributed by atoms with van der Waals surface area (Å²) in [4.78, 5) is 31.4. The number of anilines is 2. The van der Waals surface area contributed by atoms with Gasteiger partial charge in [0.05, 0.1) is 12.7 Å². The number of Topliss-reactive ketones (excluding diaryl/α,β-unsaturated/α-hetero) is 1. The summed E-state index contributed by atoms with van der Waals surface area (Å²) in [5.74, 6) is 1.31. The Hall–Kier alpha value is -3.42. The number of methoxy groups -OCH3 is 1. The van der Waals surface area contributed by atoms with Crippen LogP contribution in [0.1, 0.15) is 23.2 Å². The summed E-state index contributed by atoms with van der Waals surface area (Å²) < 4.78 is 6.53. The van der Waals surface area contributed by atoms with Crippen LogP contribution in [0, 0.1) is 11.8 Å². The van der Waals surface area contributed by atoms with Crippen LogP contribution in [0.15, 0.2) is 36.5 Å². The van der Waals surface area contributed by atoms with Crippen molar-refractivity contribution in [3.8, 4) is 11.4 Å². The number of fused-ring (bicyclic) bond motifs is 3. The van der Waals surface area contributed by atoms with E-state index in [1.165, 1.54) is 7.11 Å². The first-order chi connectivity index (χ1) is 14.0. The molecule has 2 aliphatic rings. The lowest BCUT2D eigenvalue weighted by atomic mass is 9.97. The van der Waals surface area contributed by atoms with Gasteiger partial charge in [-0.2, -0.15) is 0 Å². The zero-order valence-electron chi connectivity index (χ0n) is 16.0. The Balaban J connectivity index is 1.65. The quantitative estimate of drug-likeness (QED) is 0.539. The maximum atomic E-state index is 12.3. The minimum Gasteiger partial charge on any atom is -0.465 e. The van der Waals surface area contributed by atoms with Crippen LogP contribution < -0.4 is 10.6 Å². The molecule has 2 N–H and O–H groups in total. The normalized spacial score (nSPS) is 21.0. The molecule has 1 saturated heterocycles. The number of carbonyl (C=O) groups excluding carboxylic acids is 2. The van der Waals surface area contributed by atoms with E-state index in [0.717, 1.165) is 29.7 Å². The number of rotatable bonds is 3. The molecule has 1 aliphatic carbocycles. The van der Waals surface area contributed by atoms with Gasteiger partial charge < -0.3 is 15.4 Å². The van der Waals surface area contributed by atoms with Crippen molar-refractivity contribution in [2.24, 2.45) is 11.8 Å². The number of ether oxygens (including phenoxy) is 1. The van der Waals surface area contributed by atoms with Crippen LogP contribution >= 0.6 is 0 Å². The molecule has 3 aromatic rings. The highest BCUT2D eigenvalue weighted by Crippen LogP contribution is 2.37. The molecule has 1 aliphatic heterocycles. The van der Waals surface area contributed by atoms with Crippen molar-refractivity contribution in [1.82, 2.24) is 14.6 Å². The summed E-state index contributed by atoms with van der Waals surface area (Å²) in [5, 5.41) is 4.60. The molecule has 148 valence electrons. The number of benzene rings is 1. The second-order valence-electron chi connectivity index (χ2n) is 7.71. The van der Waals surface area contributed by atoms with Crippen molar-refractivity contribution in [2.45, 2.75) is 12.8 Å². The summed E-state index contributed by atoms with van der Waals surface area (Å²) in [5.41, 5.74) is 8.43. The third-order valence-electron chi connectivity index (χ3n) is 5.88. The second kappa shape index (κ2) is 6.58. The van der Waals surface area contributed by atoms with Gasteiger partial charge in [0.25, 0.3) is 0 Å². The van der Waals surface area contributed by atoms with Crippen molar-refractivity contribution in [2.75, 3.05) is 30.8 Å². The van der Waals surface area contributed by atoms with Crippen molar-refractivity contribution in [1.29, 1.82) is 0 Å². The number of piperidine rings is 1. The molecule has 2 bridgehead atoms. The molecule has 0 spiro atoms. The van der Waals surface area contributed by atoms with Crippen LogP contribution in [0.3, 0.4) is 0 Å². The van der Waals surface area contributed by atoms with E-state index in [0.29, 0.717) is 35.9 Å². The average molecular weight is 391 g/mol. The van der Waals surface area contributed by atoms with Gasteiger partial charge in [-0.1, -0.05) is 0 Å². The van der Waals surface area contributed by atoms with Crippen molar-refractivity contribution < 1.29 is 14.3 Å². The third kappa shape index (κ3) is 2.91. The highest BCUT2D eigenvalue weighted by molar-refractivity contribution is 5.93.